The molecule has 2 N–H and O–H groups in total. The van der Waals surface area contributed by atoms with Crippen LogP contribution in [0.25, 0.3) is 0 Å². The first-order valence-electron chi connectivity index (χ1n) is 5.24. The largest absolute Gasteiger partial charge is 0.395 e. The van der Waals surface area contributed by atoms with Crippen LogP contribution in [0.5, 0.6) is 0 Å². The highest BCUT2D eigenvalue weighted by molar-refractivity contribution is 6.52. The molecule has 0 saturated heterocycles. The molecule has 1 aliphatic heterocycles. The fraction of sp³-hybridized carbons (Fsp3) is 0.231. The Morgan fingerprint density at radius 3 is 2.82 bits per heavy atom. The highest BCUT2D eigenvalue weighted by atomic mass is 16.2. The monoisotopic (exact) mass is 229 g/mol. The van der Waals surface area contributed by atoms with Gasteiger partial charge < -0.3 is 10.4 Å². The van der Waals surface area contributed by atoms with Crippen LogP contribution in [-0.4, -0.2) is 23.4 Å². The molecular weight excluding hydrogens is 218 g/mol. The van der Waals surface area contributed by atoms with E-state index in [0.717, 1.165) is 5.56 Å². The lowest BCUT2D eigenvalue weighted by Crippen LogP contribution is -2.13. The SMILES string of the molecule is Cc1ccc2c(c1C#CCCO)C(=O)C(=O)N2. The highest BCUT2D eigenvalue weighted by Crippen LogP contribution is 2.28. The number of carbonyl (C=O) groups is 2. The van der Waals surface area contributed by atoms with Crippen molar-refractivity contribution in [2.45, 2.75) is 13.3 Å². The fourth-order valence-corrected chi connectivity index (χ4v) is 1.71. The molecule has 0 saturated carbocycles. The summed E-state index contributed by atoms with van der Waals surface area (Å²) in [6.45, 7) is 1.81. The number of hydrogen-bond donors (Lipinski definition) is 2. The van der Waals surface area contributed by atoms with Crippen LogP contribution >= 0.6 is 0 Å². The summed E-state index contributed by atoms with van der Waals surface area (Å²) in [6, 6.07) is 3.51. The quantitative estimate of drug-likeness (QED) is 0.554. The third kappa shape index (κ3) is 1.93. The maximum absolute atomic E-state index is 11.7. The number of benzene rings is 1. The Morgan fingerprint density at radius 1 is 1.35 bits per heavy atom. The third-order valence-electron chi connectivity index (χ3n) is 2.55. The number of Topliss-reactive ketones (excluding diaryl/α,β-unsaturated/α-hetero) is 1. The maximum atomic E-state index is 11.7. The summed E-state index contributed by atoms with van der Waals surface area (Å²) in [4.78, 5) is 22.9. The second-order valence-corrected chi connectivity index (χ2v) is 3.74. The van der Waals surface area contributed by atoms with E-state index in [2.05, 4.69) is 17.2 Å². The predicted molar refractivity (Wildman–Crippen MR) is 62.7 cm³/mol. The van der Waals surface area contributed by atoms with Crippen LogP contribution in [0.1, 0.15) is 27.9 Å². The Hall–Kier alpha value is -2.12. The lowest BCUT2D eigenvalue weighted by atomic mass is 9.99. The number of aryl methyl sites for hydroxylation is 1. The number of amides is 1. The number of aliphatic hydroxyl groups is 1. The topological polar surface area (TPSA) is 66.4 Å². The second-order valence-electron chi connectivity index (χ2n) is 3.74. The molecule has 0 aromatic heterocycles. The van der Waals surface area contributed by atoms with Gasteiger partial charge in [-0.25, -0.2) is 0 Å². The molecule has 1 amide bonds. The van der Waals surface area contributed by atoms with Crippen LogP contribution in [-0.2, 0) is 4.79 Å². The van der Waals surface area contributed by atoms with Gasteiger partial charge >= 0.3 is 0 Å². The summed E-state index contributed by atoms with van der Waals surface area (Å²) in [5.41, 5.74) is 2.28. The average Bonchev–Trinajstić information content (AvgIpc) is 2.59. The molecule has 4 heteroatoms. The molecule has 0 radical (unpaired) electrons. The van der Waals surface area contributed by atoms with Crippen molar-refractivity contribution in [1.82, 2.24) is 0 Å². The van der Waals surface area contributed by atoms with Gasteiger partial charge in [0.2, 0.25) is 0 Å². The Balaban J connectivity index is 2.54. The Bertz CT molecular complexity index is 564. The molecule has 0 bridgehead atoms. The van der Waals surface area contributed by atoms with Gasteiger partial charge in [0.05, 0.1) is 17.9 Å². The van der Waals surface area contributed by atoms with Crippen LogP contribution in [0.2, 0.25) is 0 Å². The minimum atomic E-state index is -0.615. The molecule has 2 rings (SSSR count). The standard InChI is InChI=1S/C13H11NO3/c1-8-5-6-10-11(12(16)13(17)14-10)9(8)4-2-3-7-15/h5-6,15H,3,7H2,1H3,(H,14,16,17). The molecule has 0 atom stereocenters. The fourth-order valence-electron chi connectivity index (χ4n) is 1.71. The van der Waals surface area contributed by atoms with E-state index in [-0.39, 0.29) is 6.61 Å². The lowest BCUT2D eigenvalue weighted by molar-refractivity contribution is -0.112. The average molecular weight is 229 g/mol. The van der Waals surface area contributed by atoms with Gasteiger partial charge in [-0.2, -0.15) is 0 Å². The molecule has 0 aliphatic carbocycles. The molecule has 0 spiro atoms. The lowest BCUT2D eigenvalue weighted by Gasteiger charge is -2.03. The first kappa shape index (κ1) is 11.4. The summed E-state index contributed by atoms with van der Waals surface area (Å²) in [5, 5.41) is 11.2. The number of rotatable bonds is 1. The van der Waals surface area contributed by atoms with Crippen LogP contribution in [0, 0.1) is 18.8 Å². The molecule has 1 heterocycles. The molecule has 4 nitrogen and oxygen atoms in total. The molecule has 1 aromatic rings. The van der Waals surface area contributed by atoms with Crippen LogP contribution < -0.4 is 5.32 Å². The maximum Gasteiger partial charge on any atom is 0.296 e. The summed E-state index contributed by atoms with van der Waals surface area (Å²) in [7, 11) is 0. The first-order chi connectivity index (χ1) is 8.15. The molecule has 86 valence electrons. The van der Waals surface area contributed by atoms with E-state index in [9.17, 15) is 9.59 Å². The van der Waals surface area contributed by atoms with Crippen LogP contribution in [0.4, 0.5) is 5.69 Å². The minimum absolute atomic E-state index is 0.0216. The van der Waals surface area contributed by atoms with Crippen molar-refractivity contribution < 1.29 is 14.7 Å². The van der Waals surface area contributed by atoms with Gasteiger partial charge in [0.15, 0.2) is 0 Å². The summed E-state index contributed by atoms with van der Waals surface area (Å²) < 4.78 is 0. The van der Waals surface area contributed by atoms with Crippen molar-refractivity contribution in [3.63, 3.8) is 0 Å². The number of carbonyl (C=O) groups excluding carboxylic acids is 2. The third-order valence-corrected chi connectivity index (χ3v) is 2.55. The Kier molecular flexibility index (Phi) is 2.94. The molecular formula is C13H11NO3. The van der Waals surface area contributed by atoms with E-state index in [0.29, 0.717) is 23.2 Å². The van der Waals surface area contributed by atoms with Gasteiger partial charge in [-0.05, 0) is 18.6 Å². The van der Waals surface area contributed by atoms with E-state index in [1.54, 1.807) is 12.1 Å². The van der Waals surface area contributed by atoms with E-state index < -0.39 is 11.7 Å². The summed E-state index contributed by atoms with van der Waals surface area (Å²) in [6.07, 6.45) is 0.346. The predicted octanol–water partition coefficient (Wildman–Crippen LogP) is 0.864. The summed E-state index contributed by atoms with van der Waals surface area (Å²) >= 11 is 0. The molecule has 1 aliphatic rings. The number of fused-ring (bicyclic) bond motifs is 1. The van der Waals surface area contributed by atoms with Crippen molar-refractivity contribution >= 4 is 17.4 Å². The molecule has 0 fully saturated rings. The van der Waals surface area contributed by atoms with Gasteiger partial charge in [0.25, 0.3) is 11.7 Å². The van der Waals surface area contributed by atoms with E-state index in [1.165, 1.54) is 0 Å². The molecule has 17 heavy (non-hydrogen) atoms. The Labute approximate surface area is 98.6 Å². The number of hydrogen-bond acceptors (Lipinski definition) is 3. The number of ketones is 1. The van der Waals surface area contributed by atoms with Crippen molar-refractivity contribution in [2.24, 2.45) is 0 Å². The highest BCUT2D eigenvalue weighted by Gasteiger charge is 2.30. The van der Waals surface area contributed by atoms with Crippen LogP contribution in [0.15, 0.2) is 12.1 Å². The zero-order chi connectivity index (χ0) is 12.4. The van der Waals surface area contributed by atoms with Gasteiger partial charge in [0, 0.05) is 12.0 Å². The van der Waals surface area contributed by atoms with E-state index in [4.69, 9.17) is 5.11 Å². The van der Waals surface area contributed by atoms with Crippen LogP contribution in [0.3, 0.4) is 0 Å². The van der Waals surface area contributed by atoms with Crippen molar-refractivity contribution in [1.29, 1.82) is 0 Å². The number of aliphatic hydroxyl groups excluding tert-OH is 1. The van der Waals surface area contributed by atoms with Crippen molar-refractivity contribution in [2.75, 3.05) is 11.9 Å². The first-order valence-corrected chi connectivity index (χ1v) is 5.24. The smallest absolute Gasteiger partial charge is 0.296 e. The molecule has 0 unspecified atom stereocenters. The van der Waals surface area contributed by atoms with Crippen molar-refractivity contribution in [3.8, 4) is 11.8 Å². The normalized spacial score (nSPS) is 12.8. The van der Waals surface area contributed by atoms with Gasteiger partial charge in [-0.15, -0.1) is 0 Å². The number of nitrogens with one attached hydrogen (secondary N) is 1. The molecule has 1 aromatic carbocycles. The second kappa shape index (κ2) is 4.40. The van der Waals surface area contributed by atoms with Gasteiger partial charge in [-0.3, -0.25) is 9.59 Å². The van der Waals surface area contributed by atoms with E-state index >= 15 is 0 Å². The minimum Gasteiger partial charge on any atom is -0.395 e. The zero-order valence-electron chi connectivity index (χ0n) is 9.33. The Morgan fingerprint density at radius 2 is 2.12 bits per heavy atom. The number of anilines is 1. The van der Waals surface area contributed by atoms with Gasteiger partial charge in [-0.1, -0.05) is 17.9 Å². The van der Waals surface area contributed by atoms with Gasteiger partial charge in [0.1, 0.15) is 0 Å². The summed E-state index contributed by atoms with van der Waals surface area (Å²) in [5.74, 6) is 4.45. The van der Waals surface area contributed by atoms with E-state index in [1.807, 2.05) is 6.92 Å². The van der Waals surface area contributed by atoms with Crippen molar-refractivity contribution in [3.05, 3.63) is 28.8 Å². The zero-order valence-corrected chi connectivity index (χ0v) is 9.33.